The number of halogens is 1. The molecule has 0 atom stereocenters. The number of nitrogens with zero attached hydrogens (tertiary/aromatic N) is 2. The van der Waals surface area contributed by atoms with Gasteiger partial charge in [0.2, 0.25) is 0 Å². The van der Waals surface area contributed by atoms with Gasteiger partial charge in [0.25, 0.3) is 11.5 Å². The van der Waals surface area contributed by atoms with Crippen molar-refractivity contribution >= 4 is 16.9 Å². The van der Waals surface area contributed by atoms with Crippen molar-refractivity contribution in [2.75, 3.05) is 26.9 Å². The van der Waals surface area contributed by atoms with Gasteiger partial charge in [0, 0.05) is 38.9 Å². The summed E-state index contributed by atoms with van der Waals surface area (Å²) in [6.07, 6.45) is 1.87. The Morgan fingerprint density at radius 2 is 2.12 bits per heavy atom. The van der Waals surface area contributed by atoms with Gasteiger partial charge in [0.15, 0.2) is 5.75 Å². The highest BCUT2D eigenvalue weighted by atomic mass is 19.1. The summed E-state index contributed by atoms with van der Waals surface area (Å²) in [5, 5.41) is 21.8. The molecule has 9 heteroatoms. The molecule has 0 fully saturated rings. The van der Waals surface area contributed by atoms with Crippen LogP contribution in [0.25, 0.3) is 11.0 Å². The first kappa shape index (κ1) is 22.9. The number of benzene rings is 1. The zero-order chi connectivity index (χ0) is 23.3. The molecule has 166 valence electrons. The molecule has 3 aromatic rings. The maximum absolute atomic E-state index is 13.7. The summed E-state index contributed by atoms with van der Waals surface area (Å²) in [5.74, 6) is 3.95. The Balaban J connectivity index is 2.04. The van der Waals surface area contributed by atoms with Crippen molar-refractivity contribution in [3.8, 4) is 17.6 Å². The number of nitrogens with one attached hydrogen (secondary N) is 1. The number of aryl methyl sites for hydroxylation is 1. The fraction of sp³-hybridized carbons (Fsp3) is 0.261. The van der Waals surface area contributed by atoms with Crippen LogP contribution in [0.1, 0.15) is 27.0 Å². The van der Waals surface area contributed by atoms with E-state index in [1.165, 1.54) is 37.1 Å². The van der Waals surface area contributed by atoms with Gasteiger partial charge >= 0.3 is 0 Å². The minimum absolute atomic E-state index is 0.0564. The topological polar surface area (TPSA) is 114 Å². The molecule has 1 amide bonds. The van der Waals surface area contributed by atoms with E-state index in [-0.39, 0.29) is 25.3 Å². The standard InChI is InChI=1S/C23H22FN3O5/c1-27-18-11-14(10-16-5-6-17(24)12-15(16)4-3-9-32-2)13-26-20(18)21(29)19(23(27)31)22(30)25-7-8-28/h5-6,11-13,28-29H,7-10H2,1-2H3,(H,25,30). The van der Waals surface area contributed by atoms with E-state index in [1.807, 2.05) is 0 Å². The van der Waals surface area contributed by atoms with Crippen molar-refractivity contribution in [2.24, 2.45) is 7.05 Å². The largest absolute Gasteiger partial charge is 0.505 e. The summed E-state index contributed by atoms with van der Waals surface area (Å²) in [4.78, 5) is 29.2. The molecule has 0 radical (unpaired) electrons. The number of aromatic hydroxyl groups is 1. The molecule has 1 aromatic carbocycles. The second-order valence-corrected chi connectivity index (χ2v) is 6.99. The molecule has 3 N–H and O–H groups in total. The minimum atomic E-state index is -0.796. The molecule has 0 saturated heterocycles. The number of hydrogen-bond donors (Lipinski definition) is 3. The molecule has 0 unspecified atom stereocenters. The highest BCUT2D eigenvalue weighted by Gasteiger charge is 2.22. The van der Waals surface area contributed by atoms with E-state index in [0.29, 0.717) is 23.1 Å². The van der Waals surface area contributed by atoms with Crippen LogP contribution in [0.15, 0.2) is 35.3 Å². The highest BCUT2D eigenvalue weighted by Crippen LogP contribution is 2.26. The number of rotatable bonds is 6. The van der Waals surface area contributed by atoms with Gasteiger partial charge in [-0.25, -0.2) is 4.39 Å². The number of carbonyl (C=O) groups is 1. The maximum Gasteiger partial charge on any atom is 0.267 e. The Morgan fingerprint density at radius 1 is 1.34 bits per heavy atom. The normalized spacial score (nSPS) is 10.6. The fourth-order valence-electron chi connectivity index (χ4n) is 3.23. The van der Waals surface area contributed by atoms with Gasteiger partial charge < -0.3 is 24.8 Å². The Bertz CT molecular complexity index is 1290. The smallest absolute Gasteiger partial charge is 0.267 e. The lowest BCUT2D eigenvalue weighted by molar-refractivity contribution is 0.0940. The van der Waals surface area contributed by atoms with Crippen LogP contribution in [0.5, 0.6) is 5.75 Å². The van der Waals surface area contributed by atoms with E-state index < -0.39 is 28.6 Å². The lowest BCUT2D eigenvalue weighted by atomic mass is 10.00. The number of fused-ring (bicyclic) bond motifs is 1. The third-order valence-corrected chi connectivity index (χ3v) is 4.80. The number of aliphatic hydroxyl groups excluding tert-OH is 1. The zero-order valence-corrected chi connectivity index (χ0v) is 17.6. The van der Waals surface area contributed by atoms with Crippen LogP contribution in [-0.2, 0) is 18.2 Å². The molecule has 2 heterocycles. The van der Waals surface area contributed by atoms with Gasteiger partial charge in [-0.05, 0) is 29.3 Å². The molecular weight excluding hydrogens is 417 g/mol. The van der Waals surface area contributed by atoms with Gasteiger partial charge in [-0.2, -0.15) is 0 Å². The van der Waals surface area contributed by atoms with E-state index in [4.69, 9.17) is 9.84 Å². The quantitative estimate of drug-likeness (QED) is 0.496. The van der Waals surface area contributed by atoms with Crippen molar-refractivity contribution in [2.45, 2.75) is 6.42 Å². The first-order valence-electron chi connectivity index (χ1n) is 9.73. The van der Waals surface area contributed by atoms with Crippen LogP contribution in [0.4, 0.5) is 4.39 Å². The van der Waals surface area contributed by atoms with Crippen molar-refractivity contribution in [1.82, 2.24) is 14.9 Å². The van der Waals surface area contributed by atoms with Crippen LogP contribution < -0.4 is 10.9 Å². The summed E-state index contributed by atoms with van der Waals surface area (Å²) in [7, 11) is 2.99. The molecule has 3 rings (SSSR count). The van der Waals surface area contributed by atoms with Gasteiger partial charge in [0.05, 0.1) is 12.1 Å². The monoisotopic (exact) mass is 439 g/mol. The van der Waals surface area contributed by atoms with E-state index in [9.17, 15) is 19.1 Å². The summed E-state index contributed by atoms with van der Waals surface area (Å²) >= 11 is 0. The average Bonchev–Trinajstić information content (AvgIpc) is 2.78. The fourth-order valence-corrected chi connectivity index (χ4v) is 3.23. The average molecular weight is 439 g/mol. The molecule has 0 aliphatic rings. The Kier molecular flexibility index (Phi) is 7.20. The number of ether oxygens (including phenoxy) is 1. The predicted molar refractivity (Wildman–Crippen MR) is 116 cm³/mol. The van der Waals surface area contributed by atoms with Crippen LogP contribution in [0.2, 0.25) is 0 Å². The number of pyridine rings is 2. The van der Waals surface area contributed by atoms with Crippen LogP contribution in [-0.4, -0.2) is 52.5 Å². The van der Waals surface area contributed by atoms with E-state index in [2.05, 4.69) is 22.1 Å². The predicted octanol–water partition coefficient (Wildman–Crippen LogP) is 1.09. The summed E-state index contributed by atoms with van der Waals surface area (Å²) in [6, 6.07) is 5.98. The minimum Gasteiger partial charge on any atom is -0.505 e. The molecule has 0 aliphatic heterocycles. The van der Waals surface area contributed by atoms with Gasteiger partial charge in [-0.3, -0.25) is 14.6 Å². The van der Waals surface area contributed by atoms with Crippen LogP contribution in [0, 0.1) is 17.7 Å². The molecule has 2 aromatic heterocycles. The first-order chi connectivity index (χ1) is 15.4. The molecule has 0 saturated carbocycles. The molecule has 0 bridgehead atoms. The second-order valence-electron chi connectivity index (χ2n) is 6.99. The number of hydrogen-bond acceptors (Lipinski definition) is 6. The lowest BCUT2D eigenvalue weighted by Crippen LogP contribution is -2.34. The molecular formula is C23H22FN3O5. The second kappa shape index (κ2) is 10.0. The molecule has 8 nitrogen and oxygen atoms in total. The Labute approximate surface area is 183 Å². The molecule has 32 heavy (non-hydrogen) atoms. The number of methoxy groups -OCH3 is 1. The maximum atomic E-state index is 13.7. The van der Waals surface area contributed by atoms with Crippen molar-refractivity contribution in [3.05, 3.63) is 68.9 Å². The van der Waals surface area contributed by atoms with Gasteiger partial charge in [0.1, 0.15) is 23.5 Å². The van der Waals surface area contributed by atoms with Crippen molar-refractivity contribution in [3.63, 3.8) is 0 Å². The van der Waals surface area contributed by atoms with Crippen molar-refractivity contribution < 1.29 is 24.1 Å². The van der Waals surface area contributed by atoms with E-state index >= 15 is 0 Å². The first-order valence-corrected chi connectivity index (χ1v) is 9.73. The van der Waals surface area contributed by atoms with Crippen LogP contribution >= 0.6 is 0 Å². The molecule has 0 spiro atoms. The summed E-state index contributed by atoms with van der Waals surface area (Å²) < 4.78 is 19.8. The number of carbonyl (C=O) groups excluding carboxylic acids is 1. The zero-order valence-electron chi connectivity index (χ0n) is 17.6. The number of aliphatic hydroxyl groups is 1. The number of amides is 1. The highest BCUT2D eigenvalue weighted by molar-refractivity contribution is 6.01. The third-order valence-electron chi connectivity index (χ3n) is 4.80. The van der Waals surface area contributed by atoms with E-state index in [0.717, 1.165) is 5.56 Å². The van der Waals surface area contributed by atoms with Crippen molar-refractivity contribution in [1.29, 1.82) is 0 Å². The number of aromatic nitrogens is 2. The third kappa shape index (κ3) is 4.77. The van der Waals surface area contributed by atoms with Crippen LogP contribution in [0.3, 0.4) is 0 Å². The summed E-state index contributed by atoms with van der Waals surface area (Å²) in [6.45, 7) is -0.147. The van der Waals surface area contributed by atoms with Gasteiger partial charge in [-0.15, -0.1) is 0 Å². The molecule has 0 aliphatic carbocycles. The SMILES string of the molecule is COCC#Cc1cc(F)ccc1Cc1cnc2c(O)c(C(=O)NCCO)c(=O)n(C)c2c1. The Morgan fingerprint density at radius 3 is 2.84 bits per heavy atom. The lowest BCUT2D eigenvalue weighted by Gasteiger charge is -2.13. The van der Waals surface area contributed by atoms with Gasteiger partial charge in [-0.1, -0.05) is 17.9 Å². The van der Waals surface area contributed by atoms with E-state index in [1.54, 1.807) is 12.1 Å². The Hall–Kier alpha value is -3.74. The summed E-state index contributed by atoms with van der Waals surface area (Å²) in [5.41, 5.74) is 1.24.